The molecular formula is C23H22N6O2S2. The molecule has 2 aromatic heterocycles. The van der Waals surface area contributed by atoms with E-state index in [1.54, 1.807) is 30.6 Å². The zero-order valence-electron chi connectivity index (χ0n) is 18.0. The number of nitrogens with zero attached hydrogens (tertiary/aromatic N) is 4. The second-order valence-electron chi connectivity index (χ2n) is 7.16. The van der Waals surface area contributed by atoms with Crippen LogP contribution in [0.3, 0.4) is 0 Å². The van der Waals surface area contributed by atoms with Gasteiger partial charge in [0.1, 0.15) is 0 Å². The lowest BCUT2D eigenvalue weighted by Crippen LogP contribution is -2.28. The zero-order valence-corrected chi connectivity index (χ0v) is 19.6. The predicted octanol–water partition coefficient (Wildman–Crippen LogP) is 4.33. The van der Waals surface area contributed by atoms with E-state index in [1.165, 1.54) is 23.1 Å². The van der Waals surface area contributed by atoms with Gasteiger partial charge >= 0.3 is 0 Å². The van der Waals surface area contributed by atoms with E-state index in [0.29, 0.717) is 21.7 Å². The normalized spacial score (nSPS) is 12.7. The van der Waals surface area contributed by atoms with Gasteiger partial charge in [-0.15, -0.1) is 21.5 Å². The van der Waals surface area contributed by atoms with Crippen LogP contribution in [0.4, 0.5) is 5.13 Å². The molecule has 0 radical (unpaired) electrons. The van der Waals surface area contributed by atoms with Gasteiger partial charge in [0.05, 0.1) is 11.3 Å². The molecule has 10 heteroatoms. The highest BCUT2D eigenvalue weighted by molar-refractivity contribution is 8.00. The maximum Gasteiger partial charge on any atom is 0.251 e. The highest BCUT2D eigenvalue weighted by atomic mass is 32.2. The summed E-state index contributed by atoms with van der Waals surface area (Å²) >= 11 is 2.65. The molecule has 0 saturated heterocycles. The topological polar surface area (TPSA) is 102 Å². The summed E-state index contributed by atoms with van der Waals surface area (Å²) in [5.41, 5.74) is 1.41. The summed E-state index contributed by atoms with van der Waals surface area (Å²) in [5, 5.41) is 17.0. The number of hydrogen-bond acceptors (Lipinski definition) is 7. The SMILES string of the molecule is CC(Sc1nnc(C(C)NC(=O)c2ccccc2)n1-c1ccccc1)C(=O)Nc1nccs1. The average Bonchev–Trinajstić information content (AvgIpc) is 3.50. The molecule has 2 atom stereocenters. The number of rotatable bonds is 8. The van der Waals surface area contributed by atoms with Gasteiger partial charge in [-0.3, -0.25) is 14.2 Å². The Labute approximate surface area is 199 Å². The van der Waals surface area contributed by atoms with Gasteiger partial charge in [-0.2, -0.15) is 0 Å². The Bertz CT molecular complexity index is 1210. The van der Waals surface area contributed by atoms with E-state index in [1.807, 2.05) is 60.0 Å². The largest absolute Gasteiger partial charge is 0.342 e. The number of thioether (sulfide) groups is 1. The molecule has 0 aliphatic carbocycles. The van der Waals surface area contributed by atoms with Gasteiger partial charge in [0, 0.05) is 22.8 Å². The van der Waals surface area contributed by atoms with Crippen molar-refractivity contribution in [2.45, 2.75) is 30.3 Å². The van der Waals surface area contributed by atoms with Crippen LogP contribution < -0.4 is 10.6 Å². The Kier molecular flexibility index (Phi) is 7.16. The molecule has 0 fully saturated rings. The number of anilines is 1. The highest BCUT2D eigenvalue weighted by Crippen LogP contribution is 2.28. The number of nitrogens with one attached hydrogen (secondary N) is 2. The van der Waals surface area contributed by atoms with Crippen LogP contribution in [0.1, 0.15) is 36.1 Å². The number of benzene rings is 2. The van der Waals surface area contributed by atoms with Gasteiger partial charge in [0.25, 0.3) is 5.91 Å². The summed E-state index contributed by atoms with van der Waals surface area (Å²) in [7, 11) is 0. The van der Waals surface area contributed by atoms with E-state index in [4.69, 9.17) is 0 Å². The van der Waals surface area contributed by atoms with E-state index < -0.39 is 11.3 Å². The van der Waals surface area contributed by atoms with Crippen molar-refractivity contribution < 1.29 is 9.59 Å². The van der Waals surface area contributed by atoms with Crippen molar-refractivity contribution in [2.24, 2.45) is 0 Å². The summed E-state index contributed by atoms with van der Waals surface area (Å²) in [6, 6.07) is 18.2. The first-order chi connectivity index (χ1) is 16.0. The standard InChI is InChI=1S/C23H22N6O2S2/c1-15(25-21(31)17-9-5-3-6-10-17)19-27-28-23(29(19)18-11-7-4-8-12-18)33-16(2)20(30)26-22-24-13-14-32-22/h3-16H,1-2H3,(H,25,31)(H,24,26,30). The van der Waals surface area contributed by atoms with Crippen LogP contribution in [0.5, 0.6) is 0 Å². The first-order valence-corrected chi connectivity index (χ1v) is 12.0. The number of aromatic nitrogens is 4. The highest BCUT2D eigenvalue weighted by Gasteiger charge is 2.25. The van der Waals surface area contributed by atoms with Crippen LogP contribution in [0.2, 0.25) is 0 Å². The molecule has 33 heavy (non-hydrogen) atoms. The van der Waals surface area contributed by atoms with Crippen LogP contribution in [-0.2, 0) is 4.79 Å². The van der Waals surface area contributed by atoms with Crippen molar-refractivity contribution in [3.8, 4) is 5.69 Å². The number of para-hydroxylation sites is 1. The van der Waals surface area contributed by atoms with Crippen molar-refractivity contribution in [3.05, 3.63) is 83.6 Å². The fourth-order valence-electron chi connectivity index (χ4n) is 3.10. The third-order valence-corrected chi connectivity index (χ3v) is 6.49. The van der Waals surface area contributed by atoms with Gasteiger partial charge in [-0.05, 0) is 38.1 Å². The minimum atomic E-state index is -0.442. The smallest absolute Gasteiger partial charge is 0.251 e. The van der Waals surface area contributed by atoms with Crippen LogP contribution >= 0.6 is 23.1 Å². The van der Waals surface area contributed by atoms with E-state index in [0.717, 1.165) is 5.69 Å². The molecule has 8 nitrogen and oxygen atoms in total. The molecular weight excluding hydrogens is 456 g/mol. The molecule has 0 aliphatic heterocycles. The molecule has 2 amide bonds. The molecule has 0 aliphatic rings. The fraction of sp³-hybridized carbons (Fsp3) is 0.174. The molecule has 2 N–H and O–H groups in total. The molecule has 2 heterocycles. The quantitative estimate of drug-likeness (QED) is 0.366. The lowest BCUT2D eigenvalue weighted by atomic mass is 10.2. The first kappa shape index (κ1) is 22.7. The number of carbonyl (C=O) groups is 2. The van der Waals surface area contributed by atoms with Crippen LogP contribution in [0, 0.1) is 0 Å². The molecule has 0 saturated carbocycles. The Morgan fingerprint density at radius 1 is 1.00 bits per heavy atom. The number of amides is 2. The summed E-state index contributed by atoms with van der Waals surface area (Å²) in [6.07, 6.45) is 1.64. The van der Waals surface area contributed by atoms with E-state index >= 15 is 0 Å². The maximum atomic E-state index is 12.7. The Morgan fingerprint density at radius 2 is 1.70 bits per heavy atom. The minimum Gasteiger partial charge on any atom is -0.342 e. The van der Waals surface area contributed by atoms with Crippen molar-refractivity contribution in [1.82, 2.24) is 25.1 Å². The molecule has 0 spiro atoms. The second kappa shape index (κ2) is 10.4. The number of hydrogen-bond donors (Lipinski definition) is 2. The van der Waals surface area contributed by atoms with Crippen LogP contribution in [-0.4, -0.2) is 36.8 Å². The molecule has 4 aromatic rings. The van der Waals surface area contributed by atoms with Gasteiger partial charge in [-0.25, -0.2) is 4.98 Å². The number of carbonyl (C=O) groups excluding carboxylic acids is 2. The Balaban J connectivity index is 1.58. The van der Waals surface area contributed by atoms with Crippen LogP contribution in [0.25, 0.3) is 5.69 Å². The van der Waals surface area contributed by atoms with E-state index in [9.17, 15) is 9.59 Å². The van der Waals surface area contributed by atoms with Crippen LogP contribution in [0.15, 0.2) is 77.4 Å². The lowest BCUT2D eigenvalue weighted by Gasteiger charge is -2.17. The number of thiazole rings is 1. The average molecular weight is 479 g/mol. The third kappa shape index (κ3) is 5.47. The van der Waals surface area contributed by atoms with Crippen molar-refractivity contribution in [2.75, 3.05) is 5.32 Å². The zero-order chi connectivity index (χ0) is 23.2. The summed E-state index contributed by atoms with van der Waals surface area (Å²) in [5.74, 6) is 0.196. The summed E-state index contributed by atoms with van der Waals surface area (Å²) in [4.78, 5) is 29.4. The molecule has 4 rings (SSSR count). The van der Waals surface area contributed by atoms with Crippen molar-refractivity contribution >= 4 is 40.0 Å². The Morgan fingerprint density at radius 3 is 2.36 bits per heavy atom. The van der Waals surface area contributed by atoms with Crippen molar-refractivity contribution in [1.29, 1.82) is 0 Å². The second-order valence-corrected chi connectivity index (χ2v) is 9.36. The fourth-order valence-corrected chi connectivity index (χ4v) is 4.50. The van der Waals surface area contributed by atoms with Crippen molar-refractivity contribution in [3.63, 3.8) is 0 Å². The third-order valence-electron chi connectivity index (χ3n) is 4.76. The first-order valence-electron chi connectivity index (χ1n) is 10.3. The molecule has 0 bridgehead atoms. The molecule has 168 valence electrons. The van der Waals surface area contributed by atoms with Gasteiger partial charge in [-0.1, -0.05) is 48.2 Å². The molecule has 2 aromatic carbocycles. The minimum absolute atomic E-state index is 0.176. The van der Waals surface area contributed by atoms with Gasteiger partial charge in [0.15, 0.2) is 16.1 Å². The monoisotopic (exact) mass is 478 g/mol. The molecule has 2 unspecified atom stereocenters. The lowest BCUT2D eigenvalue weighted by molar-refractivity contribution is -0.115. The summed E-state index contributed by atoms with van der Waals surface area (Å²) in [6.45, 7) is 3.66. The van der Waals surface area contributed by atoms with E-state index in [2.05, 4.69) is 25.8 Å². The summed E-state index contributed by atoms with van der Waals surface area (Å²) < 4.78 is 1.87. The Hall–Kier alpha value is -3.50. The maximum absolute atomic E-state index is 12.7. The van der Waals surface area contributed by atoms with Gasteiger partial charge < -0.3 is 10.6 Å². The van der Waals surface area contributed by atoms with E-state index in [-0.39, 0.29) is 11.8 Å². The van der Waals surface area contributed by atoms with Gasteiger partial charge in [0.2, 0.25) is 5.91 Å². The predicted molar refractivity (Wildman–Crippen MR) is 130 cm³/mol.